The highest BCUT2D eigenvalue weighted by molar-refractivity contribution is 5.53. The summed E-state index contributed by atoms with van der Waals surface area (Å²) in [7, 11) is 0. The van der Waals surface area contributed by atoms with E-state index < -0.39 is 6.10 Å². The van der Waals surface area contributed by atoms with Crippen LogP contribution < -0.4 is 14.8 Å². The summed E-state index contributed by atoms with van der Waals surface area (Å²) in [6.45, 7) is 4.80. The van der Waals surface area contributed by atoms with E-state index in [9.17, 15) is 5.11 Å². The van der Waals surface area contributed by atoms with Gasteiger partial charge >= 0.3 is 0 Å². The number of aryl methyl sites for hydroxylation is 2. The van der Waals surface area contributed by atoms with Crippen molar-refractivity contribution in [3.63, 3.8) is 0 Å². The lowest BCUT2D eigenvalue weighted by Gasteiger charge is -2.15. The van der Waals surface area contributed by atoms with Crippen LogP contribution in [0, 0.1) is 13.8 Å². The lowest BCUT2D eigenvalue weighted by Crippen LogP contribution is -2.12. The molecule has 0 aliphatic carbocycles. The van der Waals surface area contributed by atoms with Gasteiger partial charge in [-0.05, 0) is 48.7 Å². The van der Waals surface area contributed by atoms with Gasteiger partial charge in [-0.1, -0.05) is 18.2 Å². The second-order valence-corrected chi connectivity index (χ2v) is 5.33. The van der Waals surface area contributed by atoms with Crippen molar-refractivity contribution in [1.82, 2.24) is 0 Å². The van der Waals surface area contributed by atoms with Gasteiger partial charge in [0, 0.05) is 12.2 Å². The first kappa shape index (κ1) is 13.8. The van der Waals surface area contributed by atoms with Gasteiger partial charge in [0.15, 0.2) is 11.5 Å². The predicted molar refractivity (Wildman–Crippen MR) is 81.9 cm³/mol. The van der Waals surface area contributed by atoms with Crippen molar-refractivity contribution in [2.45, 2.75) is 20.0 Å². The van der Waals surface area contributed by atoms with Crippen molar-refractivity contribution in [2.75, 3.05) is 18.7 Å². The monoisotopic (exact) mass is 285 g/mol. The second-order valence-electron chi connectivity index (χ2n) is 5.33. The molecule has 0 bridgehead atoms. The van der Waals surface area contributed by atoms with Crippen LogP contribution in [0.15, 0.2) is 36.4 Å². The molecule has 4 nitrogen and oxygen atoms in total. The van der Waals surface area contributed by atoms with E-state index in [-0.39, 0.29) is 6.79 Å². The first-order chi connectivity index (χ1) is 10.1. The molecule has 4 heteroatoms. The summed E-state index contributed by atoms with van der Waals surface area (Å²) in [5, 5.41) is 13.6. The number of aliphatic hydroxyl groups is 1. The van der Waals surface area contributed by atoms with Crippen LogP contribution >= 0.6 is 0 Å². The number of nitrogens with one attached hydrogen (secondary N) is 1. The van der Waals surface area contributed by atoms with Crippen molar-refractivity contribution in [3.05, 3.63) is 53.1 Å². The van der Waals surface area contributed by atoms with Crippen LogP contribution in [0.3, 0.4) is 0 Å². The number of hydrogen-bond donors (Lipinski definition) is 2. The van der Waals surface area contributed by atoms with Gasteiger partial charge < -0.3 is 19.9 Å². The van der Waals surface area contributed by atoms with Crippen LogP contribution in [0.1, 0.15) is 22.8 Å². The Morgan fingerprint density at radius 2 is 1.90 bits per heavy atom. The van der Waals surface area contributed by atoms with E-state index in [1.54, 1.807) is 0 Å². The zero-order valence-electron chi connectivity index (χ0n) is 12.2. The summed E-state index contributed by atoms with van der Waals surface area (Å²) in [4.78, 5) is 0. The van der Waals surface area contributed by atoms with Gasteiger partial charge in [0.2, 0.25) is 6.79 Å². The van der Waals surface area contributed by atoms with Crippen LogP contribution in [0.5, 0.6) is 11.5 Å². The van der Waals surface area contributed by atoms with E-state index >= 15 is 0 Å². The Morgan fingerprint density at radius 1 is 1.10 bits per heavy atom. The standard InChI is InChI=1S/C17H19NO3/c1-11-3-4-12(2)14(7-11)18-9-15(19)13-5-6-16-17(8-13)21-10-20-16/h3-8,15,18-19H,9-10H2,1-2H3. The topological polar surface area (TPSA) is 50.7 Å². The zero-order chi connectivity index (χ0) is 14.8. The normalized spacial score (nSPS) is 14.0. The number of aliphatic hydroxyl groups excluding tert-OH is 1. The Bertz CT molecular complexity index is 654. The summed E-state index contributed by atoms with van der Waals surface area (Å²) in [6.07, 6.45) is -0.598. The second kappa shape index (κ2) is 5.66. The molecule has 110 valence electrons. The van der Waals surface area contributed by atoms with Gasteiger partial charge in [-0.25, -0.2) is 0 Å². The fraction of sp³-hybridized carbons (Fsp3) is 0.294. The highest BCUT2D eigenvalue weighted by Gasteiger charge is 2.16. The van der Waals surface area contributed by atoms with Crippen molar-refractivity contribution in [1.29, 1.82) is 0 Å². The number of fused-ring (bicyclic) bond motifs is 1. The maximum absolute atomic E-state index is 10.3. The molecule has 1 aliphatic heterocycles. The van der Waals surface area contributed by atoms with Crippen LogP contribution in [0.2, 0.25) is 0 Å². The molecular weight excluding hydrogens is 266 g/mol. The van der Waals surface area contributed by atoms with Gasteiger partial charge in [0.25, 0.3) is 0 Å². The van der Waals surface area contributed by atoms with E-state index in [4.69, 9.17) is 9.47 Å². The quantitative estimate of drug-likeness (QED) is 0.906. The van der Waals surface area contributed by atoms with E-state index in [1.807, 2.05) is 18.2 Å². The van der Waals surface area contributed by atoms with E-state index in [1.165, 1.54) is 11.1 Å². The minimum atomic E-state index is -0.598. The largest absolute Gasteiger partial charge is 0.454 e. The Labute approximate surface area is 124 Å². The molecule has 0 saturated heterocycles. The summed E-state index contributed by atoms with van der Waals surface area (Å²) < 4.78 is 10.6. The Kier molecular flexibility index (Phi) is 3.71. The smallest absolute Gasteiger partial charge is 0.231 e. The number of benzene rings is 2. The lowest BCUT2D eigenvalue weighted by molar-refractivity contribution is 0.173. The highest BCUT2D eigenvalue weighted by Crippen LogP contribution is 2.34. The van der Waals surface area contributed by atoms with Crippen LogP contribution in [-0.2, 0) is 0 Å². The maximum atomic E-state index is 10.3. The SMILES string of the molecule is Cc1ccc(C)c(NCC(O)c2ccc3c(c2)OCO3)c1. The average Bonchev–Trinajstić information content (AvgIpc) is 2.95. The van der Waals surface area contributed by atoms with Gasteiger partial charge in [-0.15, -0.1) is 0 Å². The molecule has 2 N–H and O–H groups in total. The number of hydrogen-bond acceptors (Lipinski definition) is 4. The molecule has 1 aliphatic rings. The van der Waals surface area contributed by atoms with E-state index in [0.29, 0.717) is 12.3 Å². The molecule has 21 heavy (non-hydrogen) atoms. The summed E-state index contributed by atoms with van der Waals surface area (Å²) in [6, 6.07) is 11.8. The maximum Gasteiger partial charge on any atom is 0.231 e. The molecule has 0 aromatic heterocycles. The predicted octanol–water partition coefficient (Wildman–Crippen LogP) is 3.18. The fourth-order valence-corrected chi connectivity index (χ4v) is 2.37. The molecule has 0 radical (unpaired) electrons. The summed E-state index contributed by atoms with van der Waals surface area (Å²) >= 11 is 0. The molecule has 1 heterocycles. The Morgan fingerprint density at radius 3 is 2.76 bits per heavy atom. The fourth-order valence-electron chi connectivity index (χ4n) is 2.37. The van der Waals surface area contributed by atoms with Crippen molar-refractivity contribution in [2.24, 2.45) is 0 Å². The number of rotatable bonds is 4. The van der Waals surface area contributed by atoms with Gasteiger partial charge in [0.1, 0.15) is 0 Å². The molecule has 3 rings (SSSR count). The lowest BCUT2D eigenvalue weighted by atomic mass is 10.1. The Hall–Kier alpha value is -2.20. The third kappa shape index (κ3) is 2.95. The Balaban J connectivity index is 1.69. The number of ether oxygens (including phenoxy) is 2. The molecular formula is C17H19NO3. The molecule has 1 unspecified atom stereocenters. The van der Waals surface area contributed by atoms with Crippen LogP contribution in [0.25, 0.3) is 0 Å². The molecule has 1 atom stereocenters. The molecule has 0 spiro atoms. The van der Waals surface area contributed by atoms with Crippen molar-refractivity contribution in [3.8, 4) is 11.5 Å². The van der Waals surface area contributed by atoms with Crippen molar-refractivity contribution >= 4 is 5.69 Å². The highest BCUT2D eigenvalue weighted by atomic mass is 16.7. The van der Waals surface area contributed by atoms with Crippen LogP contribution in [-0.4, -0.2) is 18.4 Å². The van der Waals surface area contributed by atoms with Crippen molar-refractivity contribution < 1.29 is 14.6 Å². The summed E-state index contributed by atoms with van der Waals surface area (Å²) in [5.74, 6) is 1.42. The molecule has 0 fully saturated rings. The number of anilines is 1. The first-order valence-corrected chi connectivity index (χ1v) is 7.02. The van der Waals surface area contributed by atoms with Gasteiger partial charge in [-0.3, -0.25) is 0 Å². The molecule has 2 aromatic rings. The van der Waals surface area contributed by atoms with Crippen LogP contribution in [0.4, 0.5) is 5.69 Å². The summed E-state index contributed by atoms with van der Waals surface area (Å²) in [5.41, 5.74) is 4.23. The van der Waals surface area contributed by atoms with E-state index in [0.717, 1.165) is 17.0 Å². The third-order valence-electron chi connectivity index (χ3n) is 3.66. The van der Waals surface area contributed by atoms with Gasteiger partial charge in [0.05, 0.1) is 6.10 Å². The first-order valence-electron chi connectivity index (χ1n) is 7.02. The minimum absolute atomic E-state index is 0.246. The third-order valence-corrected chi connectivity index (χ3v) is 3.66. The molecule has 2 aromatic carbocycles. The van der Waals surface area contributed by atoms with Gasteiger partial charge in [-0.2, -0.15) is 0 Å². The average molecular weight is 285 g/mol. The zero-order valence-corrected chi connectivity index (χ0v) is 12.2. The minimum Gasteiger partial charge on any atom is -0.454 e. The van der Waals surface area contributed by atoms with E-state index in [2.05, 4.69) is 37.4 Å². The molecule has 0 amide bonds. The molecule has 0 saturated carbocycles.